The van der Waals surface area contributed by atoms with E-state index in [2.05, 4.69) is 19.9 Å². The lowest BCUT2D eigenvalue weighted by molar-refractivity contribution is -0.281. The molecule has 1 aliphatic rings. The minimum Gasteiger partial charge on any atom is -0.394 e. The second-order valence-corrected chi connectivity index (χ2v) is 8.74. The van der Waals surface area contributed by atoms with E-state index in [1.54, 1.807) is 0 Å². The molecule has 166 valence electrons. The summed E-state index contributed by atoms with van der Waals surface area (Å²) < 4.78 is 26.8. The van der Waals surface area contributed by atoms with Crippen molar-refractivity contribution in [3.8, 4) is 0 Å². The molecule has 0 spiro atoms. The Morgan fingerprint density at radius 1 is 1.21 bits per heavy atom. The number of aliphatic hydroxyl groups is 4. The van der Waals surface area contributed by atoms with Crippen LogP contribution in [0.4, 0.5) is 0 Å². The summed E-state index contributed by atoms with van der Waals surface area (Å²) >= 11 is 0. The second kappa shape index (κ2) is 12.4. The fourth-order valence-corrected chi connectivity index (χ4v) is 3.62. The van der Waals surface area contributed by atoms with Crippen LogP contribution in [0, 0.1) is 5.92 Å². The number of aliphatic hydroxyl groups excluding tert-OH is 4. The number of allylic oxidation sites excluding steroid dienone is 2. The zero-order valence-corrected chi connectivity index (χ0v) is 17.7. The molecule has 0 aromatic heterocycles. The number of phosphoric ester groups is 1. The van der Waals surface area contributed by atoms with Crippen LogP contribution in [0.2, 0.25) is 0 Å². The van der Waals surface area contributed by atoms with E-state index in [0.717, 1.165) is 25.7 Å². The van der Waals surface area contributed by atoms with E-state index in [-0.39, 0.29) is 6.61 Å². The average Bonchev–Trinajstić information content (AvgIpc) is 2.65. The molecule has 1 fully saturated rings. The first kappa shape index (κ1) is 25.7. The average molecular weight is 426 g/mol. The van der Waals surface area contributed by atoms with Crippen LogP contribution >= 0.6 is 7.82 Å². The van der Waals surface area contributed by atoms with Gasteiger partial charge in [-0.2, -0.15) is 0 Å². The molecule has 0 aromatic carbocycles. The lowest BCUT2D eigenvalue weighted by atomic mass is 10.00. The van der Waals surface area contributed by atoms with Gasteiger partial charge in [0.25, 0.3) is 0 Å². The van der Waals surface area contributed by atoms with Crippen LogP contribution in [-0.2, 0) is 18.3 Å². The van der Waals surface area contributed by atoms with Crippen molar-refractivity contribution in [3.05, 3.63) is 11.6 Å². The maximum atomic E-state index is 12.1. The van der Waals surface area contributed by atoms with E-state index in [9.17, 15) is 24.8 Å². The Labute approximate surface area is 166 Å². The zero-order chi connectivity index (χ0) is 21.3. The summed E-state index contributed by atoms with van der Waals surface area (Å²) in [6.45, 7) is 5.57. The van der Waals surface area contributed by atoms with Gasteiger partial charge in [0, 0.05) is 0 Å². The number of hydrogen-bond donors (Lipinski definition) is 5. The Bertz CT molecular complexity index is 525. The van der Waals surface area contributed by atoms with Gasteiger partial charge in [-0.3, -0.25) is 9.05 Å². The molecule has 5 N–H and O–H groups in total. The topological polar surface area (TPSA) is 146 Å². The van der Waals surface area contributed by atoms with Gasteiger partial charge in [-0.1, -0.05) is 31.9 Å². The van der Waals surface area contributed by atoms with Crippen LogP contribution in [0.25, 0.3) is 0 Å². The fourth-order valence-electron chi connectivity index (χ4n) is 2.79. The Morgan fingerprint density at radius 2 is 1.89 bits per heavy atom. The summed E-state index contributed by atoms with van der Waals surface area (Å²) in [5.74, 6) is 0.294. The van der Waals surface area contributed by atoms with Crippen molar-refractivity contribution in [3.63, 3.8) is 0 Å². The number of rotatable bonds is 12. The molecule has 9 nitrogen and oxygen atoms in total. The highest BCUT2D eigenvalue weighted by Gasteiger charge is 2.46. The first-order chi connectivity index (χ1) is 13.1. The third-order valence-corrected chi connectivity index (χ3v) is 5.89. The van der Waals surface area contributed by atoms with Crippen LogP contribution in [-0.4, -0.2) is 69.2 Å². The van der Waals surface area contributed by atoms with Crippen LogP contribution < -0.4 is 0 Å². The Kier molecular flexibility index (Phi) is 11.3. The molecule has 1 saturated heterocycles. The standard InChI is InChI=1S/C18H35O9P/c1-4-12(2)7-5-6-8-13(3)9-10-25-28(23,24)27-18-17(22)16(21)15(20)14(11-19)26-18/h7,13-22H,4-6,8-11H2,1-3H3,(H,23,24). The molecule has 0 amide bonds. The van der Waals surface area contributed by atoms with Gasteiger partial charge >= 0.3 is 7.82 Å². The van der Waals surface area contributed by atoms with Crippen molar-refractivity contribution in [1.29, 1.82) is 0 Å². The highest BCUT2D eigenvalue weighted by molar-refractivity contribution is 7.47. The largest absolute Gasteiger partial charge is 0.474 e. The van der Waals surface area contributed by atoms with Crippen LogP contribution in [0.3, 0.4) is 0 Å². The Balaban J connectivity index is 2.38. The van der Waals surface area contributed by atoms with Gasteiger partial charge in [0.1, 0.15) is 24.4 Å². The van der Waals surface area contributed by atoms with Gasteiger partial charge in [0.2, 0.25) is 0 Å². The molecule has 0 aromatic rings. The number of unbranched alkanes of at least 4 members (excludes halogenated alkanes) is 1. The highest BCUT2D eigenvalue weighted by atomic mass is 31.2. The van der Waals surface area contributed by atoms with Crippen LogP contribution in [0.5, 0.6) is 0 Å². The molecule has 0 saturated carbocycles. The van der Waals surface area contributed by atoms with Crippen molar-refractivity contribution in [1.82, 2.24) is 0 Å². The Hall–Kier alpha value is -0.350. The lowest BCUT2D eigenvalue weighted by Gasteiger charge is -2.39. The minimum atomic E-state index is -4.56. The van der Waals surface area contributed by atoms with E-state index in [1.165, 1.54) is 5.57 Å². The van der Waals surface area contributed by atoms with Crippen molar-refractivity contribution < 1.29 is 43.7 Å². The fraction of sp³-hybridized carbons (Fsp3) is 0.889. The molecule has 7 unspecified atom stereocenters. The molecule has 1 heterocycles. The smallest absolute Gasteiger partial charge is 0.394 e. The predicted molar refractivity (Wildman–Crippen MR) is 102 cm³/mol. The summed E-state index contributed by atoms with van der Waals surface area (Å²) in [6, 6.07) is 0. The molecular formula is C18H35O9P. The quantitative estimate of drug-likeness (QED) is 0.178. The first-order valence-corrected chi connectivity index (χ1v) is 11.2. The van der Waals surface area contributed by atoms with Crippen molar-refractivity contribution in [2.45, 2.75) is 83.6 Å². The van der Waals surface area contributed by atoms with Crippen molar-refractivity contribution in [2.24, 2.45) is 5.92 Å². The van der Waals surface area contributed by atoms with Crippen LogP contribution in [0.15, 0.2) is 11.6 Å². The Morgan fingerprint density at radius 3 is 2.50 bits per heavy atom. The third kappa shape index (κ3) is 8.57. The summed E-state index contributed by atoms with van der Waals surface area (Å²) in [7, 11) is -4.56. The summed E-state index contributed by atoms with van der Waals surface area (Å²) in [5.41, 5.74) is 1.36. The summed E-state index contributed by atoms with van der Waals surface area (Å²) in [4.78, 5) is 9.82. The van der Waals surface area contributed by atoms with E-state index in [4.69, 9.17) is 18.9 Å². The first-order valence-electron chi connectivity index (χ1n) is 9.73. The number of ether oxygens (including phenoxy) is 1. The molecular weight excluding hydrogens is 391 g/mol. The van der Waals surface area contributed by atoms with Gasteiger partial charge in [0.15, 0.2) is 6.29 Å². The van der Waals surface area contributed by atoms with Crippen LogP contribution in [0.1, 0.15) is 52.9 Å². The van der Waals surface area contributed by atoms with E-state index < -0.39 is 45.1 Å². The second-order valence-electron chi connectivity index (χ2n) is 7.33. The van der Waals surface area contributed by atoms with E-state index >= 15 is 0 Å². The molecule has 0 radical (unpaired) electrons. The van der Waals surface area contributed by atoms with Gasteiger partial charge in [-0.05, 0) is 38.5 Å². The lowest BCUT2D eigenvalue weighted by Crippen LogP contribution is -2.58. The highest BCUT2D eigenvalue weighted by Crippen LogP contribution is 2.46. The SMILES string of the molecule is CCC(C)=CCCCC(C)CCOP(=O)(O)OC1OC(CO)C(O)C(O)C1O. The molecule has 0 aliphatic carbocycles. The van der Waals surface area contributed by atoms with Gasteiger partial charge in [-0.15, -0.1) is 0 Å². The maximum Gasteiger partial charge on any atom is 0.474 e. The van der Waals surface area contributed by atoms with Gasteiger partial charge < -0.3 is 30.1 Å². The summed E-state index contributed by atoms with van der Waals surface area (Å²) in [5, 5.41) is 38.3. The third-order valence-electron chi connectivity index (χ3n) is 4.90. The zero-order valence-electron chi connectivity index (χ0n) is 16.8. The molecule has 7 atom stereocenters. The molecule has 10 heteroatoms. The van der Waals surface area contributed by atoms with E-state index in [0.29, 0.717) is 12.3 Å². The number of hydrogen-bond acceptors (Lipinski definition) is 8. The number of phosphoric acid groups is 1. The molecule has 28 heavy (non-hydrogen) atoms. The van der Waals surface area contributed by atoms with Gasteiger partial charge in [-0.25, -0.2) is 4.57 Å². The van der Waals surface area contributed by atoms with E-state index in [1.807, 2.05) is 6.92 Å². The normalized spacial score (nSPS) is 32.1. The van der Waals surface area contributed by atoms with Crippen molar-refractivity contribution >= 4 is 7.82 Å². The van der Waals surface area contributed by atoms with Gasteiger partial charge in [0.05, 0.1) is 13.2 Å². The maximum absolute atomic E-state index is 12.1. The predicted octanol–water partition coefficient (Wildman–Crippen LogP) is 1.47. The summed E-state index contributed by atoms with van der Waals surface area (Å²) in [6.07, 6.45) is -1.16. The molecule has 0 bridgehead atoms. The minimum absolute atomic E-state index is 0.0177. The monoisotopic (exact) mass is 426 g/mol. The molecule has 1 rings (SSSR count). The van der Waals surface area contributed by atoms with Crippen molar-refractivity contribution in [2.75, 3.05) is 13.2 Å². The molecule has 1 aliphatic heterocycles.